The first-order valence-electron chi connectivity index (χ1n) is 5.62. The first kappa shape index (κ1) is 13.0. The molecular formula is C14H18ClN. The number of fused-ring (bicyclic) bond motifs is 1. The normalized spacial score (nSPS) is 9.88. The van der Waals surface area contributed by atoms with Crippen LogP contribution in [0.15, 0.2) is 18.2 Å². The Morgan fingerprint density at radius 2 is 1.62 bits per heavy atom. The maximum atomic E-state index is 5.92. The third-order valence-electron chi connectivity index (χ3n) is 2.76. The van der Waals surface area contributed by atoms with Gasteiger partial charge in [0.1, 0.15) is 0 Å². The SMILES string of the molecule is CC.Cc1nc2cc(Cl)ccc2c(C)c1C. The van der Waals surface area contributed by atoms with Crippen molar-refractivity contribution in [3.8, 4) is 0 Å². The fraction of sp³-hybridized carbons (Fsp3) is 0.357. The van der Waals surface area contributed by atoms with Gasteiger partial charge < -0.3 is 0 Å². The summed E-state index contributed by atoms with van der Waals surface area (Å²) in [5.74, 6) is 0. The van der Waals surface area contributed by atoms with E-state index in [1.807, 2.05) is 39.0 Å². The standard InChI is InChI=1S/C12H12ClN.C2H6/c1-7-8(2)11-5-4-10(13)6-12(11)14-9(7)3;1-2/h4-6H,1-3H3;1-2H3. The van der Waals surface area contributed by atoms with Crippen LogP contribution >= 0.6 is 11.6 Å². The fourth-order valence-corrected chi connectivity index (χ4v) is 1.82. The lowest BCUT2D eigenvalue weighted by atomic mass is 10.0. The van der Waals surface area contributed by atoms with Crippen LogP contribution in [0.1, 0.15) is 30.7 Å². The van der Waals surface area contributed by atoms with E-state index in [0.717, 1.165) is 16.2 Å². The van der Waals surface area contributed by atoms with Crippen LogP contribution in [-0.4, -0.2) is 4.98 Å². The number of nitrogens with zero attached hydrogens (tertiary/aromatic N) is 1. The Bertz CT molecular complexity index is 504. The van der Waals surface area contributed by atoms with Crippen LogP contribution in [0.4, 0.5) is 0 Å². The Hall–Kier alpha value is -1.08. The minimum absolute atomic E-state index is 0.743. The molecule has 0 fully saturated rings. The van der Waals surface area contributed by atoms with Crippen molar-refractivity contribution in [3.63, 3.8) is 0 Å². The topological polar surface area (TPSA) is 12.9 Å². The molecule has 0 aliphatic heterocycles. The van der Waals surface area contributed by atoms with Crippen molar-refractivity contribution in [2.24, 2.45) is 0 Å². The number of aromatic nitrogens is 1. The molecule has 0 radical (unpaired) electrons. The molecule has 1 heterocycles. The third-order valence-corrected chi connectivity index (χ3v) is 2.99. The van der Waals surface area contributed by atoms with E-state index >= 15 is 0 Å². The van der Waals surface area contributed by atoms with E-state index in [1.165, 1.54) is 16.5 Å². The summed E-state index contributed by atoms with van der Waals surface area (Å²) >= 11 is 5.92. The van der Waals surface area contributed by atoms with Crippen molar-refractivity contribution in [3.05, 3.63) is 40.0 Å². The minimum Gasteiger partial charge on any atom is -0.253 e. The van der Waals surface area contributed by atoms with Crippen LogP contribution in [0.25, 0.3) is 10.9 Å². The van der Waals surface area contributed by atoms with Crippen LogP contribution < -0.4 is 0 Å². The maximum absolute atomic E-state index is 5.92. The molecule has 16 heavy (non-hydrogen) atoms. The third kappa shape index (κ3) is 2.35. The monoisotopic (exact) mass is 235 g/mol. The molecule has 1 aromatic carbocycles. The van der Waals surface area contributed by atoms with E-state index in [2.05, 4.69) is 18.8 Å². The zero-order valence-electron chi connectivity index (χ0n) is 10.6. The van der Waals surface area contributed by atoms with E-state index in [0.29, 0.717) is 0 Å². The van der Waals surface area contributed by atoms with Crippen LogP contribution in [0.2, 0.25) is 5.02 Å². The molecule has 86 valence electrons. The van der Waals surface area contributed by atoms with Gasteiger partial charge >= 0.3 is 0 Å². The molecule has 2 heteroatoms. The van der Waals surface area contributed by atoms with Crippen LogP contribution in [-0.2, 0) is 0 Å². The second kappa shape index (κ2) is 5.31. The molecule has 0 saturated carbocycles. The molecule has 0 aliphatic rings. The Morgan fingerprint density at radius 3 is 2.25 bits per heavy atom. The van der Waals surface area contributed by atoms with Gasteiger partial charge in [0.2, 0.25) is 0 Å². The molecule has 2 rings (SSSR count). The molecule has 0 amide bonds. The van der Waals surface area contributed by atoms with Gasteiger partial charge in [0.25, 0.3) is 0 Å². The van der Waals surface area contributed by atoms with Crippen molar-refractivity contribution in [2.75, 3.05) is 0 Å². The summed E-state index contributed by atoms with van der Waals surface area (Å²) in [4.78, 5) is 4.51. The number of pyridine rings is 1. The van der Waals surface area contributed by atoms with Gasteiger partial charge in [-0.25, -0.2) is 0 Å². The summed E-state index contributed by atoms with van der Waals surface area (Å²) in [6, 6.07) is 5.86. The zero-order chi connectivity index (χ0) is 12.3. The smallest absolute Gasteiger partial charge is 0.0722 e. The zero-order valence-corrected chi connectivity index (χ0v) is 11.3. The summed E-state index contributed by atoms with van der Waals surface area (Å²) in [5.41, 5.74) is 4.62. The molecule has 1 aromatic heterocycles. The van der Waals surface area contributed by atoms with Crippen molar-refractivity contribution in [1.29, 1.82) is 0 Å². The lowest BCUT2D eigenvalue weighted by Gasteiger charge is -2.08. The van der Waals surface area contributed by atoms with Gasteiger partial charge in [0.05, 0.1) is 5.52 Å². The molecule has 1 nitrogen and oxygen atoms in total. The molecule has 0 bridgehead atoms. The quantitative estimate of drug-likeness (QED) is 0.637. The van der Waals surface area contributed by atoms with E-state index in [9.17, 15) is 0 Å². The Kier molecular flexibility index (Phi) is 4.31. The number of hydrogen-bond acceptors (Lipinski definition) is 1. The van der Waals surface area contributed by atoms with Gasteiger partial charge in [-0.05, 0) is 44.0 Å². The lowest BCUT2D eigenvalue weighted by Crippen LogP contribution is -1.93. The van der Waals surface area contributed by atoms with Crippen molar-refractivity contribution >= 4 is 22.5 Å². The molecule has 2 aromatic rings. The van der Waals surface area contributed by atoms with Gasteiger partial charge in [0, 0.05) is 16.1 Å². The predicted molar refractivity (Wildman–Crippen MR) is 72.3 cm³/mol. The molecule has 0 aliphatic carbocycles. The Labute approximate surface area is 102 Å². The van der Waals surface area contributed by atoms with Gasteiger partial charge in [-0.2, -0.15) is 0 Å². The second-order valence-electron chi connectivity index (χ2n) is 3.61. The predicted octanol–water partition coefficient (Wildman–Crippen LogP) is 4.84. The highest BCUT2D eigenvalue weighted by Crippen LogP contribution is 2.24. The average Bonchev–Trinajstić information content (AvgIpc) is 2.28. The van der Waals surface area contributed by atoms with E-state index in [1.54, 1.807) is 0 Å². The number of benzene rings is 1. The van der Waals surface area contributed by atoms with Crippen molar-refractivity contribution in [1.82, 2.24) is 4.98 Å². The maximum Gasteiger partial charge on any atom is 0.0722 e. The highest BCUT2D eigenvalue weighted by atomic mass is 35.5. The molecular weight excluding hydrogens is 218 g/mol. The number of halogens is 1. The molecule has 0 spiro atoms. The Balaban J connectivity index is 0.000000606. The highest BCUT2D eigenvalue weighted by molar-refractivity contribution is 6.31. The van der Waals surface area contributed by atoms with E-state index < -0.39 is 0 Å². The van der Waals surface area contributed by atoms with Gasteiger partial charge in [-0.15, -0.1) is 0 Å². The molecule has 0 N–H and O–H groups in total. The van der Waals surface area contributed by atoms with Crippen LogP contribution in [0.5, 0.6) is 0 Å². The van der Waals surface area contributed by atoms with E-state index in [4.69, 9.17) is 11.6 Å². The van der Waals surface area contributed by atoms with E-state index in [-0.39, 0.29) is 0 Å². The summed E-state index contributed by atoms with van der Waals surface area (Å²) in [6.07, 6.45) is 0. The van der Waals surface area contributed by atoms with Gasteiger partial charge in [-0.3, -0.25) is 4.98 Å². The average molecular weight is 236 g/mol. The molecule has 0 atom stereocenters. The summed E-state index contributed by atoms with van der Waals surface area (Å²) < 4.78 is 0. The number of hydrogen-bond donors (Lipinski definition) is 0. The summed E-state index contributed by atoms with van der Waals surface area (Å²) in [6.45, 7) is 10.3. The summed E-state index contributed by atoms with van der Waals surface area (Å²) in [7, 11) is 0. The summed E-state index contributed by atoms with van der Waals surface area (Å²) in [5, 5.41) is 1.94. The fourth-order valence-electron chi connectivity index (χ4n) is 1.65. The van der Waals surface area contributed by atoms with Crippen molar-refractivity contribution in [2.45, 2.75) is 34.6 Å². The number of rotatable bonds is 0. The highest BCUT2D eigenvalue weighted by Gasteiger charge is 2.05. The second-order valence-corrected chi connectivity index (χ2v) is 4.05. The first-order valence-corrected chi connectivity index (χ1v) is 6.00. The van der Waals surface area contributed by atoms with Gasteiger partial charge in [-0.1, -0.05) is 31.5 Å². The van der Waals surface area contributed by atoms with Crippen LogP contribution in [0.3, 0.4) is 0 Å². The van der Waals surface area contributed by atoms with Crippen LogP contribution in [0, 0.1) is 20.8 Å². The molecule has 0 unspecified atom stereocenters. The molecule has 0 saturated heterocycles. The Morgan fingerprint density at radius 1 is 1.00 bits per heavy atom. The minimum atomic E-state index is 0.743. The van der Waals surface area contributed by atoms with Gasteiger partial charge in [0.15, 0.2) is 0 Å². The number of aryl methyl sites for hydroxylation is 2. The van der Waals surface area contributed by atoms with Crippen molar-refractivity contribution < 1.29 is 0 Å². The lowest BCUT2D eigenvalue weighted by molar-refractivity contribution is 1.17. The first-order chi connectivity index (χ1) is 7.59. The largest absolute Gasteiger partial charge is 0.253 e.